The Morgan fingerprint density at radius 2 is 1.80 bits per heavy atom. The molecule has 3 aromatic rings. The Morgan fingerprint density at radius 1 is 1.00 bits per heavy atom. The van der Waals surface area contributed by atoms with Gasteiger partial charge in [0.2, 0.25) is 0 Å². The first-order chi connectivity index (χ1) is 12.1. The van der Waals surface area contributed by atoms with E-state index in [1.165, 1.54) is 0 Å². The van der Waals surface area contributed by atoms with Crippen LogP contribution in [0.5, 0.6) is 5.75 Å². The zero-order chi connectivity index (χ0) is 17.6. The molecule has 25 heavy (non-hydrogen) atoms. The van der Waals surface area contributed by atoms with Gasteiger partial charge < -0.3 is 10.1 Å². The average Bonchev–Trinajstić information content (AvgIpc) is 2.61. The normalized spacial score (nSPS) is 10.3. The highest BCUT2D eigenvalue weighted by Crippen LogP contribution is 2.27. The fourth-order valence-corrected chi connectivity index (χ4v) is 2.91. The third-order valence-electron chi connectivity index (χ3n) is 3.71. The number of hydrogen-bond donors (Lipinski definition) is 1. The highest BCUT2D eigenvalue weighted by Gasteiger charge is 2.10. The molecule has 0 aliphatic carbocycles. The van der Waals surface area contributed by atoms with E-state index in [1.54, 1.807) is 18.2 Å². The maximum absolute atomic E-state index is 12.4. The number of anilines is 1. The molecule has 0 fully saturated rings. The minimum Gasteiger partial charge on any atom is -0.488 e. The van der Waals surface area contributed by atoms with Gasteiger partial charge in [-0.3, -0.25) is 4.79 Å². The number of hydrogen-bond acceptors (Lipinski definition) is 2. The number of benzene rings is 3. The van der Waals surface area contributed by atoms with E-state index in [9.17, 15) is 4.79 Å². The predicted octanol–water partition coefficient (Wildman–Crippen LogP) is 5.59. The van der Waals surface area contributed by atoms with Crippen LogP contribution in [0.4, 0.5) is 5.69 Å². The number of halogens is 1. The molecule has 0 spiro atoms. The molecule has 0 atom stereocenters. The molecule has 3 nitrogen and oxygen atoms in total. The van der Waals surface area contributed by atoms with Crippen molar-refractivity contribution < 1.29 is 9.53 Å². The summed E-state index contributed by atoms with van der Waals surface area (Å²) in [5.74, 6) is 0.553. The van der Waals surface area contributed by atoms with Gasteiger partial charge in [0.05, 0.1) is 4.47 Å². The van der Waals surface area contributed by atoms with Crippen molar-refractivity contribution in [1.82, 2.24) is 0 Å². The van der Waals surface area contributed by atoms with E-state index >= 15 is 0 Å². The van der Waals surface area contributed by atoms with Gasteiger partial charge in [-0.2, -0.15) is 0 Å². The van der Waals surface area contributed by atoms with Crippen LogP contribution in [0, 0.1) is 6.92 Å². The Labute approximate surface area is 155 Å². The molecular formula is C21H18BrNO2. The molecule has 0 heterocycles. The van der Waals surface area contributed by atoms with Gasteiger partial charge >= 0.3 is 0 Å². The van der Waals surface area contributed by atoms with E-state index in [4.69, 9.17) is 4.74 Å². The van der Waals surface area contributed by atoms with Crippen LogP contribution in [-0.4, -0.2) is 5.91 Å². The van der Waals surface area contributed by atoms with Crippen molar-refractivity contribution in [1.29, 1.82) is 0 Å². The van der Waals surface area contributed by atoms with Crippen LogP contribution in [0.3, 0.4) is 0 Å². The van der Waals surface area contributed by atoms with Gasteiger partial charge in [-0.05, 0) is 64.3 Å². The minimum absolute atomic E-state index is 0.152. The van der Waals surface area contributed by atoms with Crippen molar-refractivity contribution in [3.05, 3.63) is 94.0 Å². The summed E-state index contributed by atoms with van der Waals surface area (Å²) in [6, 6.07) is 23.0. The van der Waals surface area contributed by atoms with Crippen LogP contribution in [-0.2, 0) is 6.61 Å². The molecule has 0 unspecified atom stereocenters. The summed E-state index contributed by atoms with van der Waals surface area (Å²) < 4.78 is 6.56. The molecule has 0 bridgehead atoms. The third-order valence-corrected chi connectivity index (χ3v) is 4.33. The molecule has 0 saturated carbocycles. The molecule has 4 heteroatoms. The monoisotopic (exact) mass is 395 g/mol. The van der Waals surface area contributed by atoms with Crippen molar-refractivity contribution in [2.75, 3.05) is 5.32 Å². The highest BCUT2D eigenvalue weighted by molar-refractivity contribution is 9.10. The summed E-state index contributed by atoms with van der Waals surface area (Å²) in [7, 11) is 0. The Bertz CT molecular complexity index is 878. The number of rotatable bonds is 5. The summed E-state index contributed by atoms with van der Waals surface area (Å²) in [5.41, 5.74) is 3.55. The molecule has 1 amide bonds. The summed E-state index contributed by atoms with van der Waals surface area (Å²) in [6.07, 6.45) is 0. The van der Waals surface area contributed by atoms with Crippen molar-refractivity contribution in [3.8, 4) is 5.75 Å². The summed E-state index contributed by atoms with van der Waals surface area (Å²) in [4.78, 5) is 12.4. The summed E-state index contributed by atoms with van der Waals surface area (Å²) in [6.45, 7) is 2.47. The first-order valence-electron chi connectivity index (χ1n) is 7.96. The average molecular weight is 396 g/mol. The van der Waals surface area contributed by atoms with Gasteiger partial charge in [0, 0.05) is 11.3 Å². The number of aryl methyl sites for hydroxylation is 1. The van der Waals surface area contributed by atoms with Crippen molar-refractivity contribution in [2.45, 2.75) is 13.5 Å². The molecule has 0 aromatic heterocycles. The summed E-state index contributed by atoms with van der Waals surface area (Å²) >= 11 is 3.48. The molecule has 3 rings (SSSR count). The van der Waals surface area contributed by atoms with Gasteiger partial charge in [0.15, 0.2) is 0 Å². The molecule has 0 saturated heterocycles. The fraction of sp³-hybridized carbons (Fsp3) is 0.0952. The van der Waals surface area contributed by atoms with Crippen molar-refractivity contribution in [2.24, 2.45) is 0 Å². The standard InChI is InChI=1S/C21H18BrNO2/c1-15-6-5-9-18(12-15)23-21(24)17-10-11-20(19(22)13-17)25-14-16-7-3-2-4-8-16/h2-13H,14H2,1H3,(H,23,24). The number of amides is 1. The van der Waals surface area contributed by atoms with Gasteiger partial charge in [0.1, 0.15) is 12.4 Å². The van der Waals surface area contributed by atoms with Gasteiger partial charge in [0.25, 0.3) is 5.91 Å². The van der Waals surface area contributed by atoms with E-state index in [2.05, 4.69) is 21.2 Å². The maximum Gasteiger partial charge on any atom is 0.255 e. The highest BCUT2D eigenvalue weighted by atomic mass is 79.9. The lowest BCUT2D eigenvalue weighted by atomic mass is 10.2. The molecule has 0 aliphatic heterocycles. The lowest BCUT2D eigenvalue weighted by Crippen LogP contribution is -2.12. The second kappa shape index (κ2) is 7.99. The van der Waals surface area contributed by atoms with Crippen LogP contribution in [0.1, 0.15) is 21.5 Å². The van der Waals surface area contributed by atoms with Gasteiger partial charge in [-0.1, -0.05) is 42.5 Å². The van der Waals surface area contributed by atoms with E-state index in [0.717, 1.165) is 21.3 Å². The smallest absolute Gasteiger partial charge is 0.255 e. The SMILES string of the molecule is Cc1cccc(NC(=O)c2ccc(OCc3ccccc3)c(Br)c2)c1. The summed E-state index contributed by atoms with van der Waals surface area (Å²) in [5, 5.41) is 2.90. The molecule has 3 aromatic carbocycles. The minimum atomic E-state index is -0.152. The Balaban J connectivity index is 1.67. The van der Waals surface area contributed by atoms with Crippen LogP contribution in [0.15, 0.2) is 77.3 Å². The van der Waals surface area contributed by atoms with E-state index in [1.807, 2.05) is 61.5 Å². The number of carbonyl (C=O) groups excluding carboxylic acids is 1. The first kappa shape index (κ1) is 17.2. The maximum atomic E-state index is 12.4. The number of carbonyl (C=O) groups is 1. The van der Waals surface area contributed by atoms with Crippen molar-refractivity contribution in [3.63, 3.8) is 0 Å². The molecule has 0 radical (unpaired) electrons. The molecule has 126 valence electrons. The Hall–Kier alpha value is -2.59. The lowest BCUT2D eigenvalue weighted by Gasteiger charge is -2.10. The second-order valence-corrected chi connectivity index (χ2v) is 6.60. The Morgan fingerprint density at radius 3 is 2.52 bits per heavy atom. The lowest BCUT2D eigenvalue weighted by molar-refractivity contribution is 0.102. The van der Waals surface area contributed by atoms with Crippen LogP contribution < -0.4 is 10.1 Å². The number of nitrogens with one attached hydrogen (secondary N) is 1. The largest absolute Gasteiger partial charge is 0.488 e. The Kier molecular flexibility index (Phi) is 5.51. The van der Waals surface area contributed by atoms with Crippen molar-refractivity contribution >= 4 is 27.5 Å². The zero-order valence-corrected chi connectivity index (χ0v) is 15.4. The van der Waals surface area contributed by atoms with Crippen LogP contribution >= 0.6 is 15.9 Å². The van der Waals surface area contributed by atoms with E-state index in [0.29, 0.717) is 17.9 Å². The zero-order valence-electron chi connectivity index (χ0n) is 13.8. The van der Waals surface area contributed by atoms with Crippen LogP contribution in [0.2, 0.25) is 0 Å². The van der Waals surface area contributed by atoms with Gasteiger partial charge in [-0.15, -0.1) is 0 Å². The number of ether oxygens (including phenoxy) is 1. The fourth-order valence-electron chi connectivity index (χ4n) is 2.42. The topological polar surface area (TPSA) is 38.3 Å². The van der Waals surface area contributed by atoms with E-state index in [-0.39, 0.29) is 5.91 Å². The third kappa shape index (κ3) is 4.70. The predicted molar refractivity (Wildman–Crippen MR) is 104 cm³/mol. The molecule has 1 N–H and O–H groups in total. The second-order valence-electron chi connectivity index (χ2n) is 5.74. The molecule has 0 aliphatic rings. The van der Waals surface area contributed by atoms with Gasteiger partial charge in [-0.25, -0.2) is 0 Å². The van der Waals surface area contributed by atoms with Crippen LogP contribution in [0.25, 0.3) is 0 Å². The molecular weight excluding hydrogens is 378 g/mol. The first-order valence-corrected chi connectivity index (χ1v) is 8.75. The quantitative estimate of drug-likeness (QED) is 0.611. The van der Waals surface area contributed by atoms with E-state index < -0.39 is 0 Å².